The van der Waals surface area contributed by atoms with Crippen LogP contribution >= 0.6 is 0 Å². The Morgan fingerprint density at radius 2 is 1.44 bits per heavy atom. The van der Waals surface area contributed by atoms with Gasteiger partial charge < -0.3 is 23.7 Å². The number of rotatable bonds is 10. The number of hydrogen-bond acceptors (Lipinski definition) is 10. The SMILES string of the molecule is COC(=O)C[C@@H](N1C(=O)O[C@H](c2ccccc2)[C@@H]1c1ccccc1)C(C(=O)OC)(C(=O)OC)[C@@H]1C=C[C@@H](OC(C)=O)CC1. The Morgan fingerprint density at radius 1 is 0.860 bits per heavy atom. The normalized spacial score (nSPS) is 22.2. The first-order chi connectivity index (χ1) is 20.7. The van der Waals surface area contributed by atoms with E-state index in [-0.39, 0.29) is 12.8 Å². The minimum atomic E-state index is -2.23. The van der Waals surface area contributed by atoms with Crippen molar-refractivity contribution >= 4 is 30.0 Å². The van der Waals surface area contributed by atoms with E-state index in [1.165, 1.54) is 18.9 Å². The zero-order valence-corrected chi connectivity index (χ0v) is 24.5. The molecule has 2 aromatic rings. The van der Waals surface area contributed by atoms with Crippen molar-refractivity contribution in [2.75, 3.05) is 21.3 Å². The Kier molecular flexibility index (Phi) is 9.84. The van der Waals surface area contributed by atoms with Gasteiger partial charge in [0, 0.05) is 12.8 Å². The minimum Gasteiger partial charge on any atom is -0.469 e. The molecule has 11 nitrogen and oxygen atoms in total. The Labute approximate surface area is 249 Å². The molecule has 1 aliphatic carbocycles. The first-order valence-corrected chi connectivity index (χ1v) is 13.9. The molecule has 1 saturated heterocycles. The van der Waals surface area contributed by atoms with Crippen molar-refractivity contribution in [3.63, 3.8) is 0 Å². The average Bonchev–Trinajstić information content (AvgIpc) is 3.38. The summed E-state index contributed by atoms with van der Waals surface area (Å²) in [6.07, 6.45) is 0.747. The predicted octanol–water partition coefficient (Wildman–Crippen LogP) is 4.08. The Hall–Kier alpha value is -4.67. The third kappa shape index (κ3) is 6.11. The molecule has 0 radical (unpaired) electrons. The molecular weight excluding hydrogens is 558 g/mol. The average molecular weight is 594 g/mol. The van der Waals surface area contributed by atoms with Crippen LogP contribution in [0.5, 0.6) is 0 Å². The van der Waals surface area contributed by atoms with E-state index in [4.69, 9.17) is 23.7 Å². The van der Waals surface area contributed by atoms with Crippen LogP contribution in [0.4, 0.5) is 4.79 Å². The van der Waals surface area contributed by atoms with Crippen LogP contribution in [0, 0.1) is 11.3 Å². The van der Waals surface area contributed by atoms with Gasteiger partial charge in [0.05, 0.1) is 33.8 Å². The molecule has 0 spiro atoms. The number of nitrogens with zero attached hydrogens (tertiary/aromatic N) is 1. The summed E-state index contributed by atoms with van der Waals surface area (Å²) < 4.78 is 26.7. The van der Waals surface area contributed by atoms with E-state index in [1.807, 2.05) is 12.1 Å². The van der Waals surface area contributed by atoms with Crippen LogP contribution in [0.25, 0.3) is 0 Å². The van der Waals surface area contributed by atoms with Crippen LogP contribution < -0.4 is 0 Å². The first-order valence-electron chi connectivity index (χ1n) is 13.9. The molecule has 4 rings (SSSR count). The van der Waals surface area contributed by atoms with E-state index in [9.17, 15) is 24.0 Å². The van der Waals surface area contributed by atoms with Gasteiger partial charge in [-0.3, -0.25) is 24.1 Å². The standard InChI is InChI=1S/C32H35NO10/c1-20(34)42-24-17-15-23(16-18-24)32(29(36)40-3,30(37)41-4)25(19-26(35)39-2)33-27(21-11-7-5-8-12-21)28(43-31(33)38)22-13-9-6-10-14-22/h5-15,17,23-25,27-28H,16,18-19H2,1-4H3/t23-,24-,25-,27+,28-/m1/s1. The highest BCUT2D eigenvalue weighted by atomic mass is 16.6. The summed E-state index contributed by atoms with van der Waals surface area (Å²) in [6.45, 7) is 1.28. The lowest BCUT2D eigenvalue weighted by Crippen LogP contribution is -2.62. The Bertz CT molecular complexity index is 1340. The maximum Gasteiger partial charge on any atom is 0.411 e. The smallest absolute Gasteiger partial charge is 0.411 e. The second kappa shape index (κ2) is 13.5. The third-order valence-corrected chi connectivity index (χ3v) is 8.01. The van der Waals surface area contributed by atoms with Crippen LogP contribution in [0.3, 0.4) is 0 Å². The van der Waals surface area contributed by atoms with E-state index >= 15 is 0 Å². The largest absolute Gasteiger partial charge is 0.469 e. The first kappa shape index (κ1) is 31.3. The number of methoxy groups -OCH3 is 3. The fourth-order valence-corrected chi connectivity index (χ4v) is 6.14. The van der Waals surface area contributed by atoms with Crippen molar-refractivity contribution in [1.29, 1.82) is 0 Å². The van der Waals surface area contributed by atoms with Crippen LogP contribution in [0.2, 0.25) is 0 Å². The van der Waals surface area contributed by atoms with Gasteiger partial charge in [-0.25, -0.2) is 4.79 Å². The molecule has 2 aromatic carbocycles. The van der Waals surface area contributed by atoms with E-state index in [0.717, 1.165) is 14.2 Å². The summed E-state index contributed by atoms with van der Waals surface area (Å²) in [4.78, 5) is 67.8. The van der Waals surface area contributed by atoms with Crippen LogP contribution in [0.1, 0.15) is 49.5 Å². The molecule has 0 aromatic heterocycles. The number of cyclic esters (lactones) is 1. The quantitative estimate of drug-likeness (QED) is 0.172. The van der Waals surface area contributed by atoms with Gasteiger partial charge in [-0.2, -0.15) is 0 Å². The summed E-state index contributed by atoms with van der Waals surface area (Å²) in [7, 11) is 3.41. The molecule has 1 aliphatic heterocycles. The van der Waals surface area contributed by atoms with E-state index in [1.54, 1.807) is 60.7 Å². The van der Waals surface area contributed by atoms with Gasteiger partial charge in [-0.1, -0.05) is 66.7 Å². The molecule has 5 atom stereocenters. The van der Waals surface area contributed by atoms with Crippen molar-refractivity contribution in [2.45, 2.75) is 50.5 Å². The lowest BCUT2D eigenvalue weighted by molar-refractivity contribution is -0.181. The molecule has 1 heterocycles. The summed E-state index contributed by atoms with van der Waals surface area (Å²) in [6, 6.07) is 15.7. The van der Waals surface area contributed by atoms with Crippen LogP contribution in [-0.2, 0) is 42.9 Å². The fourth-order valence-electron chi connectivity index (χ4n) is 6.14. The monoisotopic (exact) mass is 593 g/mol. The molecule has 43 heavy (non-hydrogen) atoms. The van der Waals surface area contributed by atoms with E-state index in [0.29, 0.717) is 11.1 Å². The summed E-state index contributed by atoms with van der Waals surface area (Å²) in [5, 5.41) is 0. The van der Waals surface area contributed by atoms with Crippen molar-refractivity contribution in [1.82, 2.24) is 4.90 Å². The number of allylic oxidation sites excluding steroid dienone is 1. The lowest BCUT2D eigenvalue weighted by Gasteiger charge is -2.45. The molecule has 11 heteroatoms. The number of carbonyl (C=O) groups excluding carboxylic acids is 5. The molecule has 0 bridgehead atoms. The highest BCUT2D eigenvalue weighted by molar-refractivity contribution is 6.03. The second-order valence-corrected chi connectivity index (χ2v) is 10.3. The molecule has 0 saturated carbocycles. The van der Waals surface area contributed by atoms with Crippen molar-refractivity contribution in [3.05, 3.63) is 83.9 Å². The number of carbonyl (C=O) groups is 5. The van der Waals surface area contributed by atoms with Gasteiger partial charge >= 0.3 is 30.0 Å². The van der Waals surface area contributed by atoms with Crippen molar-refractivity contribution < 1.29 is 47.7 Å². The van der Waals surface area contributed by atoms with Gasteiger partial charge in [0.1, 0.15) is 12.1 Å². The van der Waals surface area contributed by atoms with Gasteiger partial charge in [0.2, 0.25) is 0 Å². The second-order valence-electron chi connectivity index (χ2n) is 10.3. The zero-order chi connectivity index (χ0) is 31.1. The predicted molar refractivity (Wildman–Crippen MR) is 151 cm³/mol. The molecular formula is C32H35NO10. The summed E-state index contributed by atoms with van der Waals surface area (Å²) >= 11 is 0. The number of hydrogen-bond donors (Lipinski definition) is 0. The van der Waals surface area contributed by atoms with E-state index < -0.39 is 72.0 Å². The molecule has 1 fully saturated rings. The Balaban J connectivity index is 1.96. The highest BCUT2D eigenvalue weighted by Gasteiger charge is 2.65. The molecule has 0 unspecified atom stereocenters. The summed E-state index contributed by atoms with van der Waals surface area (Å²) in [5.74, 6) is -4.19. The highest BCUT2D eigenvalue weighted by Crippen LogP contribution is 2.51. The number of esters is 4. The van der Waals surface area contributed by atoms with Crippen molar-refractivity contribution in [3.8, 4) is 0 Å². The fraction of sp³-hybridized carbons (Fsp3) is 0.406. The maximum atomic E-state index is 14.0. The Morgan fingerprint density at radius 3 is 1.93 bits per heavy atom. The molecule has 0 N–H and O–H groups in total. The van der Waals surface area contributed by atoms with Gasteiger partial charge in [0.15, 0.2) is 11.5 Å². The lowest BCUT2D eigenvalue weighted by atomic mass is 9.64. The molecule has 228 valence electrons. The summed E-state index contributed by atoms with van der Waals surface area (Å²) in [5.41, 5.74) is -0.908. The number of ether oxygens (including phenoxy) is 5. The molecule has 1 amide bonds. The molecule has 2 aliphatic rings. The minimum absolute atomic E-state index is 0.164. The zero-order valence-electron chi connectivity index (χ0n) is 24.5. The topological polar surface area (TPSA) is 135 Å². The number of amides is 1. The van der Waals surface area contributed by atoms with Gasteiger partial charge in [-0.05, 0) is 30.0 Å². The van der Waals surface area contributed by atoms with E-state index in [2.05, 4.69) is 0 Å². The van der Waals surface area contributed by atoms with Gasteiger partial charge in [-0.15, -0.1) is 0 Å². The van der Waals surface area contributed by atoms with Crippen LogP contribution in [0.15, 0.2) is 72.8 Å². The van der Waals surface area contributed by atoms with Crippen LogP contribution in [-0.4, -0.2) is 68.3 Å². The maximum absolute atomic E-state index is 14.0. The van der Waals surface area contributed by atoms with Crippen molar-refractivity contribution in [2.24, 2.45) is 11.3 Å². The van der Waals surface area contributed by atoms with Gasteiger partial charge in [0.25, 0.3) is 0 Å². The third-order valence-electron chi connectivity index (χ3n) is 8.01. The number of benzene rings is 2.